The van der Waals surface area contributed by atoms with Gasteiger partial charge in [0.05, 0.1) is 5.41 Å². The van der Waals surface area contributed by atoms with E-state index in [-0.39, 0.29) is 0 Å². The zero-order valence-electron chi connectivity index (χ0n) is 26.9. The molecule has 50 heavy (non-hydrogen) atoms. The minimum Gasteiger partial charge on any atom is -0.450 e. The van der Waals surface area contributed by atoms with Gasteiger partial charge in [0.15, 0.2) is 23.0 Å². The van der Waals surface area contributed by atoms with Crippen molar-refractivity contribution >= 4 is 21.8 Å². The molecule has 7 aromatic rings. The minimum absolute atomic E-state index is 0.309. The summed E-state index contributed by atoms with van der Waals surface area (Å²) < 4.78 is 13.3. The van der Waals surface area contributed by atoms with Crippen molar-refractivity contribution in [2.45, 2.75) is 5.41 Å². The van der Waals surface area contributed by atoms with E-state index in [1.54, 1.807) is 0 Å². The molecule has 0 saturated carbocycles. The molecule has 1 aliphatic carbocycles. The Morgan fingerprint density at radius 2 is 1.00 bits per heavy atom. The Morgan fingerprint density at radius 1 is 0.440 bits per heavy atom. The molecule has 0 unspecified atom stereocenters. The largest absolute Gasteiger partial charge is 0.450 e. The van der Waals surface area contributed by atoms with E-state index >= 15 is 0 Å². The van der Waals surface area contributed by atoms with E-state index in [1.165, 1.54) is 22.3 Å². The van der Waals surface area contributed by atoms with Gasteiger partial charge in [0.1, 0.15) is 10.1 Å². The molecule has 0 aromatic heterocycles. The summed E-state index contributed by atoms with van der Waals surface area (Å²) in [5.41, 5.74) is 9.87. The molecule has 2 aliphatic rings. The van der Waals surface area contributed by atoms with Crippen LogP contribution >= 0.6 is 11.8 Å². The molecule has 5 heteroatoms. The summed E-state index contributed by atoms with van der Waals surface area (Å²) in [7, 11) is 0. The van der Waals surface area contributed by atoms with Gasteiger partial charge in [-0.15, -0.1) is 0 Å². The predicted molar refractivity (Wildman–Crippen MR) is 203 cm³/mol. The maximum atomic E-state index is 8.94. The van der Waals surface area contributed by atoms with Gasteiger partial charge in [0, 0.05) is 11.1 Å². The second-order valence-corrected chi connectivity index (χ2v) is 13.4. The molecule has 238 valence electrons. The van der Waals surface area contributed by atoms with Gasteiger partial charge in [0.2, 0.25) is 0 Å². The quantitative estimate of drug-likeness (QED) is 0.142. The molecule has 2 N–H and O–H groups in total. The van der Waals surface area contributed by atoms with Crippen LogP contribution in [0, 0.1) is 10.8 Å². The maximum Gasteiger partial charge on any atom is 0.170 e. The molecule has 0 fully saturated rings. The molecule has 0 radical (unpaired) electrons. The summed E-state index contributed by atoms with van der Waals surface area (Å²) in [6.45, 7) is 0. The average molecular weight is 663 g/mol. The molecule has 0 bridgehead atoms. The lowest BCUT2D eigenvalue weighted by molar-refractivity contribution is 0.359. The number of ether oxygens (including phenoxy) is 2. The fourth-order valence-corrected chi connectivity index (χ4v) is 8.17. The van der Waals surface area contributed by atoms with Gasteiger partial charge in [-0.3, -0.25) is 10.8 Å². The lowest BCUT2D eigenvalue weighted by Gasteiger charge is -2.34. The van der Waals surface area contributed by atoms with Crippen LogP contribution in [0.25, 0.3) is 22.3 Å². The molecule has 1 aliphatic heterocycles. The molecule has 0 saturated heterocycles. The lowest BCUT2D eigenvalue weighted by atomic mass is 9.67. The highest BCUT2D eigenvalue weighted by Crippen LogP contribution is 2.59. The zero-order valence-corrected chi connectivity index (χ0v) is 27.7. The van der Waals surface area contributed by atoms with Crippen LogP contribution in [-0.2, 0) is 5.41 Å². The number of fused-ring (bicyclic) bond motifs is 5. The normalized spacial score (nSPS) is 13.1. The fourth-order valence-electron chi connectivity index (χ4n) is 7.42. The standard InChI is InChI=1S/C45H30N2O2S/c46-43(29-14-4-1-5-15-29)50-44(47)35-22-11-10-20-33(35)30-24-25-39-40(26-30)49-41-27-36-34-21-12-13-23-37(34)45(31-16-6-2-7-17-31,32-18-8-3-9-19-32)38(36)28-42(41)48-39/h1-28,46-47H. The van der Waals surface area contributed by atoms with Gasteiger partial charge in [-0.25, -0.2) is 0 Å². The van der Waals surface area contributed by atoms with Gasteiger partial charge in [-0.05, 0) is 68.8 Å². The summed E-state index contributed by atoms with van der Waals surface area (Å²) in [4.78, 5) is 0. The van der Waals surface area contributed by atoms with Crippen LogP contribution in [0.4, 0.5) is 0 Å². The highest BCUT2D eigenvalue weighted by Gasteiger charge is 2.47. The third kappa shape index (κ3) is 4.78. The zero-order chi connectivity index (χ0) is 33.7. The van der Waals surface area contributed by atoms with Crippen molar-refractivity contribution in [2.24, 2.45) is 0 Å². The van der Waals surface area contributed by atoms with Crippen LogP contribution in [0.2, 0.25) is 0 Å². The Bertz CT molecular complexity index is 2400. The van der Waals surface area contributed by atoms with Crippen LogP contribution in [0.15, 0.2) is 170 Å². The van der Waals surface area contributed by atoms with E-state index in [1.807, 2.05) is 72.8 Å². The topological polar surface area (TPSA) is 66.2 Å². The Morgan fingerprint density at radius 3 is 1.72 bits per heavy atom. The summed E-state index contributed by atoms with van der Waals surface area (Å²) in [5.74, 6) is 2.58. The Kier molecular flexibility index (Phi) is 7.22. The maximum absolute atomic E-state index is 8.94. The third-order valence-electron chi connectivity index (χ3n) is 9.63. The van der Waals surface area contributed by atoms with Crippen LogP contribution in [-0.4, -0.2) is 10.1 Å². The number of benzene rings is 7. The second kappa shape index (κ2) is 12.1. The molecule has 9 rings (SSSR count). The highest BCUT2D eigenvalue weighted by atomic mass is 32.2. The number of thioether (sulfide) groups is 1. The molecular weight excluding hydrogens is 633 g/mol. The summed E-state index contributed by atoms with van der Waals surface area (Å²) >= 11 is 1.15. The van der Waals surface area contributed by atoms with Crippen molar-refractivity contribution in [1.82, 2.24) is 0 Å². The third-order valence-corrected chi connectivity index (χ3v) is 10.5. The second-order valence-electron chi connectivity index (χ2n) is 12.4. The highest BCUT2D eigenvalue weighted by molar-refractivity contribution is 8.27. The average Bonchev–Trinajstić information content (AvgIpc) is 3.46. The van der Waals surface area contributed by atoms with Gasteiger partial charge < -0.3 is 9.47 Å². The molecule has 7 aromatic carbocycles. The van der Waals surface area contributed by atoms with Gasteiger partial charge in [-0.2, -0.15) is 0 Å². The Labute approximate surface area is 295 Å². The van der Waals surface area contributed by atoms with Gasteiger partial charge >= 0.3 is 0 Å². The SMILES string of the molecule is N=C(SC(=N)c1ccccc1-c1ccc2c(c1)Oc1cc3c(cc1O2)C(c1ccccc1)(c1ccccc1)c1ccccc1-3)c1ccccc1. The molecule has 4 nitrogen and oxygen atoms in total. The van der Waals surface area contributed by atoms with Crippen LogP contribution < -0.4 is 9.47 Å². The Balaban J connectivity index is 1.11. The van der Waals surface area contributed by atoms with E-state index in [0.717, 1.165) is 45.1 Å². The number of nitrogens with one attached hydrogen (secondary N) is 2. The van der Waals surface area contributed by atoms with Crippen molar-refractivity contribution < 1.29 is 9.47 Å². The minimum atomic E-state index is -0.528. The van der Waals surface area contributed by atoms with Crippen LogP contribution in [0.5, 0.6) is 23.0 Å². The summed E-state index contributed by atoms with van der Waals surface area (Å²) in [5, 5.41) is 18.2. The van der Waals surface area contributed by atoms with E-state index in [4.69, 9.17) is 20.3 Å². The van der Waals surface area contributed by atoms with Crippen molar-refractivity contribution in [1.29, 1.82) is 10.8 Å². The number of rotatable bonds is 5. The molecule has 1 heterocycles. The molecule has 0 atom stereocenters. The van der Waals surface area contributed by atoms with Crippen molar-refractivity contribution in [3.8, 4) is 45.3 Å². The monoisotopic (exact) mass is 662 g/mol. The first-order chi connectivity index (χ1) is 24.6. The molecular formula is C45H30N2O2S. The van der Waals surface area contributed by atoms with Crippen molar-refractivity contribution in [2.75, 3.05) is 0 Å². The van der Waals surface area contributed by atoms with Crippen molar-refractivity contribution in [3.63, 3.8) is 0 Å². The first-order valence-corrected chi connectivity index (χ1v) is 17.3. The van der Waals surface area contributed by atoms with Gasteiger partial charge in [0.25, 0.3) is 0 Å². The van der Waals surface area contributed by atoms with E-state index < -0.39 is 5.41 Å². The lowest BCUT2D eigenvalue weighted by Crippen LogP contribution is -2.28. The molecule has 0 spiro atoms. The first kappa shape index (κ1) is 29.9. The summed E-state index contributed by atoms with van der Waals surface area (Å²) in [6.07, 6.45) is 0. The molecule has 0 amide bonds. The smallest absolute Gasteiger partial charge is 0.170 e. The Hall–Kier alpha value is -6.17. The number of hydrogen-bond donors (Lipinski definition) is 2. The van der Waals surface area contributed by atoms with E-state index in [0.29, 0.717) is 33.1 Å². The predicted octanol–water partition coefficient (Wildman–Crippen LogP) is 11.7. The van der Waals surface area contributed by atoms with Crippen LogP contribution in [0.1, 0.15) is 33.4 Å². The van der Waals surface area contributed by atoms with Crippen LogP contribution in [0.3, 0.4) is 0 Å². The fraction of sp³-hybridized carbons (Fsp3) is 0.0222. The van der Waals surface area contributed by atoms with Crippen molar-refractivity contribution in [3.05, 3.63) is 203 Å². The summed E-state index contributed by atoms with van der Waals surface area (Å²) in [6, 6.07) is 57.7. The van der Waals surface area contributed by atoms with Gasteiger partial charge in [-0.1, -0.05) is 157 Å². The number of hydrogen-bond acceptors (Lipinski definition) is 5. The van der Waals surface area contributed by atoms with E-state index in [9.17, 15) is 0 Å². The first-order valence-electron chi connectivity index (χ1n) is 16.5. The van der Waals surface area contributed by atoms with E-state index in [2.05, 4.69) is 97.1 Å².